The van der Waals surface area contributed by atoms with E-state index in [4.69, 9.17) is 9.84 Å². The smallest absolute Gasteiger partial charge is 0.303 e. The summed E-state index contributed by atoms with van der Waals surface area (Å²) in [5.41, 5.74) is -0.301. The lowest BCUT2D eigenvalue weighted by Crippen LogP contribution is -2.24. The summed E-state index contributed by atoms with van der Waals surface area (Å²) in [4.78, 5) is 22.0. The predicted molar refractivity (Wildman–Crippen MR) is 70.6 cm³/mol. The maximum atomic E-state index is 11.6. The van der Waals surface area contributed by atoms with E-state index in [-0.39, 0.29) is 29.6 Å². The Hall–Kier alpha value is -0.900. The zero-order chi connectivity index (χ0) is 14.4. The van der Waals surface area contributed by atoms with Gasteiger partial charge >= 0.3 is 5.97 Å². The number of carbonyl (C=O) groups is 2. The van der Waals surface area contributed by atoms with E-state index in [0.717, 1.165) is 6.42 Å². The van der Waals surface area contributed by atoms with Crippen molar-refractivity contribution in [1.29, 1.82) is 0 Å². The fraction of sp³-hybridized carbons (Fsp3) is 0.857. The van der Waals surface area contributed by atoms with Crippen LogP contribution in [-0.2, 0) is 14.3 Å². The molecule has 18 heavy (non-hydrogen) atoms. The molecule has 0 fully saturated rings. The van der Waals surface area contributed by atoms with Gasteiger partial charge in [0, 0.05) is 19.4 Å². The lowest BCUT2D eigenvalue weighted by molar-refractivity contribution is -0.138. The first-order valence-electron chi connectivity index (χ1n) is 6.39. The second kappa shape index (κ2) is 6.88. The topological polar surface area (TPSA) is 63.6 Å². The molecule has 0 amide bonds. The molecule has 0 atom stereocenters. The molecule has 106 valence electrons. The Bertz CT molecular complexity index is 287. The predicted octanol–water partition coefficient (Wildman–Crippen LogP) is 3.04. The van der Waals surface area contributed by atoms with Crippen molar-refractivity contribution in [3.63, 3.8) is 0 Å². The molecular weight excluding hydrogens is 232 g/mol. The Balaban J connectivity index is 3.99. The Labute approximate surface area is 110 Å². The monoisotopic (exact) mass is 258 g/mol. The van der Waals surface area contributed by atoms with Crippen molar-refractivity contribution >= 4 is 11.8 Å². The van der Waals surface area contributed by atoms with E-state index in [0.29, 0.717) is 13.0 Å². The van der Waals surface area contributed by atoms with Crippen LogP contribution < -0.4 is 0 Å². The van der Waals surface area contributed by atoms with Gasteiger partial charge in [-0.25, -0.2) is 0 Å². The van der Waals surface area contributed by atoms with Gasteiger partial charge in [0.2, 0.25) is 0 Å². The average molecular weight is 258 g/mol. The first-order valence-corrected chi connectivity index (χ1v) is 6.39. The van der Waals surface area contributed by atoms with Crippen molar-refractivity contribution in [3.05, 3.63) is 0 Å². The third kappa shape index (κ3) is 10.3. The van der Waals surface area contributed by atoms with Gasteiger partial charge in [0.25, 0.3) is 0 Å². The molecule has 1 N–H and O–H groups in total. The number of rotatable bonds is 8. The first-order chi connectivity index (χ1) is 8.02. The van der Waals surface area contributed by atoms with Crippen LogP contribution >= 0.6 is 0 Å². The number of ether oxygens (including phenoxy) is 1. The SMILES string of the molecule is CC(C)(CCOC(C)(C)C)CC(=O)CCC(=O)O. The second-order valence-electron chi connectivity index (χ2n) is 6.48. The molecule has 0 bridgehead atoms. The van der Waals surface area contributed by atoms with Gasteiger partial charge in [0.05, 0.1) is 12.0 Å². The normalized spacial score (nSPS) is 12.5. The van der Waals surface area contributed by atoms with Gasteiger partial charge in [-0.1, -0.05) is 13.8 Å². The molecule has 0 spiro atoms. The van der Waals surface area contributed by atoms with Gasteiger partial charge < -0.3 is 9.84 Å². The molecule has 0 rings (SSSR count). The van der Waals surface area contributed by atoms with Crippen LogP contribution in [0.25, 0.3) is 0 Å². The number of carbonyl (C=O) groups excluding carboxylic acids is 1. The molecule has 0 heterocycles. The third-order valence-electron chi connectivity index (χ3n) is 2.61. The summed E-state index contributed by atoms with van der Waals surface area (Å²) >= 11 is 0. The van der Waals surface area contributed by atoms with E-state index in [1.807, 2.05) is 34.6 Å². The van der Waals surface area contributed by atoms with Crippen LogP contribution in [0.15, 0.2) is 0 Å². The van der Waals surface area contributed by atoms with Gasteiger partial charge in [-0.15, -0.1) is 0 Å². The zero-order valence-electron chi connectivity index (χ0n) is 12.2. The Morgan fingerprint density at radius 2 is 1.61 bits per heavy atom. The summed E-state index contributed by atoms with van der Waals surface area (Å²) in [6, 6.07) is 0. The summed E-state index contributed by atoms with van der Waals surface area (Å²) in [6.07, 6.45) is 1.25. The van der Waals surface area contributed by atoms with Crippen LogP contribution in [0.4, 0.5) is 0 Å². The third-order valence-corrected chi connectivity index (χ3v) is 2.61. The van der Waals surface area contributed by atoms with Crippen LogP contribution in [0.2, 0.25) is 0 Å². The highest BCUT2D eigenvalue weighted by Gasteiger charge is 2.23. The lowest BCUT2D eigenvalue weighted by atomic mass is 9.83. The highest BCUT2D eigenvalue weighted by Crippen LogP contribution is 2.27. The molecule has 0 aromatic heterocycles. The van der Waals surface area contributed by atoms with Crippen LogP contribution in [0.1, 0.15) is 60.3 Å². The molecule has 0 unspecified atom stereocenters. The molecule has 0 aliphatic heterocycles. The molecule has 0 radical (unpaired) electrons. The van der Waals surface area contributed by atoms with Crippen molar-refractivity contribution in [2.24, 2.45) is 5.41 Å². The summed E-state index contributed by atoms with van der Waals surface area (Å²) in [6.45, 7) is 10.6. The number of Topliss-reactive ketones (excluding diaryl/α,β-unsaturated/α-hetero) is 1. The van der Waals surface area contributed by atoms with Crippen molar-refractivity contribution in [3.8, 4) is 0 Å². The fourth-order valence-corrected chi connectivity index (χ4v) is 1.59. The highest BCUT2D eigenvalue weighted by molar-refractivity contribution is 5.82. The Morgan fingerprint density at radius 3 is 2.06 bits per heavy atom. The molecule has 0 aromatic carbocycles. The summed E-state index contributed by atoms with van der Waals surface area (Å²) in [5.74, 6) is -0.907. The zero-order valence-corrected chi connectivity index (χ0v) is 12.2. The molecular formula is C14H26O4. The van der Waals surface area contributed by atoms with E-state index in [2.05, 4.69) is 0 Å². The summed E-state index contributed by atoms with van der Waals surface area (Å²) < 4.78 is 5.64. The number of aliphatic carboxylic acids is 1. The minimum absolute atomic E-state index is 0.0122. The quantitative estimate of drug-likeness (QED) is 0.726. The minimum atomic E-state index is -0.919. The van der Waals surface area contributed by atoms with E-state index < -0.39 is 5.97 Å². The largest absolute Gasteiger partial charge is 0.481 e. The summed E-state index contributed by atoms with van der Waals surface area (Å²) in [5, 5.41) is 8.52. The van der Waals surface area contributed by atoms with E-state index >= 15 is 0 Å². The summed E-state index contributed by atoms with van der Waals surface area (Å²) in [7, 11) is 0. The van der Waals surface area contributed by atoms with Gasteiger partial charge in [-0.2, -0.15) is 0 Å². The molecule has 0 aliphatic carbocycles. The number of carboxylic acid groups (broad SMARTS) is 1. The Kier molecular flexibility index (Phi) is 6.54. The highest BCUT2D eigenvalue weighted by atomic mass is 16.5. The van der Waals surface area contributed by atoms with Gasteiger partial charge in [-0.05, 0) is 32.6 Å². The van der Waals surface area contributed by atoms with Gasteiger partial charge in [0.1, 0.15) is 5.78 Å². The van der Waals surface area contributed by atoms with Crippen molar-refractivity contribution in [2.45, 2.75) is 65.9 Å². The number of carboxylic acids is 1. The van der Waals surface area contributed by atoms with Crippen molar-refractivity contribution in [2.75, 3.05) is 6.61 Å². The average Bonchev–Trinajstić information content (AvgIpc) is 2.11. The number of hydrogen-bond acceptors (Lipinski definition) is 3. The number of ketones is 1. The molecule has 4 nitrogen and oxygen atoms in total. The van der Waals surface area contributed by atoms with Crippen LogP contribution in [0, 0.1) is 5.41 Å². The number of hydrogen-bond donors (Lipinski definition) is 1. The van der Waals surface area contributed by atoms with E-state index in [1.165, 1.54) is 0 Å². The second-order valence-corrected chi connectivity index (χ2v) is 6.48. The minimum Gasteiger partial charge on any atom is -0.481 e. The molecule has 0 aliphatic rings. The maximum Gasteiger partial charge on any atom is 0.303 e. The molecule has 0 aromatic rings. The van der Waals surface area contributed by atoms with Crippen LogP contribution in [-0.4, -0.2) is 29.1 Å². The van der Waals surface area contributed by atoms with Gasteiger partial charge in [-0.3, -0.25) is 9.59 Å². The van der Waals surface area contributed by atoms with Crippen LogP contribution in [0.3, 0.4) is 0 Å². The lowest BCUT2D eigenvalue weighted by Gasteiger charge is -2.26. The molecule has 0 saturated carbocycles. The van der Waals surface area contributed by atoms with Crippen molar-refractivity contribution in [1.82, 2.24) is 0 Å². The Morgan fingerprint density at radius 1 is 1.06 bits per heavy atom. The standard InChI is InChI=1S/C14H26O4/c1-13(2,3)18-9-8-14(4,5)10-11(15)6-7-12(16)17/h6-10H2,1-5H3,(H,16,17). The van der Waals surface area contributed by atoms with E-state index in [9.17, 15) is 9.59 Å². The van der Waals surface area contributed by atoms with Crippen molar-refractivity contribution < 1.29 is 19.4 Å². The van der Waals surface area contributed by atoms with E-state index in [1.54, 1.807) is 0 Å². The first kappa shape index (κ1) is 17.1. The van der Waals surface area contributed by atoms with Gasteiger partial charge in [0.15, 0.2) is 0 Å². The van der Waals surface area contributed by atoms with Crippen LogP contribution in [0.5, 0.6) is 0 Å². The maximum absolute atomic E-state index is 11.6. The molecule has 4 heteroatoms. The molecule has 0 saturated heterocycles. The fourth-order valence-electron chi connectivity index (χ4n) is 1.59.